The number of hydrogen-bond acceptors (Lipinski definition) is 3. The minimum absolute atomic E-state index is 0.201. The predicted octanol–water partition coefficient (Wildman–Crippen LogP) is 3.86. The molecule has 0 bridgehead atoms. The molecule has 138 valence electrons. The molecular weight excluding hydrogens is 357 g/mol. The lowest BCUT2D eigenvalue weighted by molar-refractivity contribution is 0.0939. The number of amides is 1. The number of benzene rings is 3. The Morgan fingerprint density at radius 1 is 0.893 bits per heavy atom. The van der Waals surface area contributed by atoms with Gasteiger partial charge in [0.1, 0.15) is 11.6 Å². The van der Waals surface area contributed by atoms with E-state index in [0.29, 0.717) is 11.4 Å². The molecule has 0 spiro atoms. The van der Waals surface area contributed by atoms with Crippen LogP contribution in [0.25, 0.3) is 11.0 Å². The average molecular weight is 373 g/mol. The third-order valence-corrected chi connectivity index (χ3v) is 4.38. The number of para-hydroxylation sites is 2. The highest BCUT2D eigenvalue weighted by Crippen LogP contribution is 2.16. The smallest absolute Gasteiger partial charge is 0.252 e. The van der Waals surface area contributed by atoms with Gasteiger partial charge < -0.3 is 10.3 Å². The van der Waals surface area contributed by atoms with Gasteiger partial charge in [-0.1, -0.05) is 30.3 Å². The van der Waals surface area contributed by atoms with Gasteiger partial charge in [-0.15, -0.1) is 0 Å². The molecule has 0 radical (unpaired) electrons. The van der Waals surface area contributed by atoms with E-state index < -0.39 is 5.82 Å². The highest BCUT2D eigenvalue weighted by Gasteiger charge is 2.18. The van der Waals surface area contributed by atoms with Crippen LogP contribution in [0.1, 0.15) is 32.1 Å². The number of ketones is 1. The Bertz CT molecular complexity index is 1130. The van der Waals surface area contributed by atoms with E-state index in [9.17, 15) is 14.0 Å². The number of nitrogens with zero attached hydrogens (tertiary/aromatic N) is 1. The Hall–Kier alpha value is -3.80. The minimum atomic E-state index is -0.423. The lowest BCUT2D eigenvalue weighted by Crippen LogP contribution is -2.25. The Morgan fingerprint density at radius 3 is 2.32 bits per heavy atom. The minimum Gasteiger partial charge on any atom is -0.345 e. The standard InChI is InChI=1S/C22H16FN3O2/c23-15-11-9-14(10-12-15)21(27)16-5-1-2-6-17(16)22(28)24-13-20-25-18-7-3-4-8-19(18)26-20/h1-12H,13H2,(H,24,28)(H,25,26). The summed E-state index contributed by atoms with van der Waals surface area (Å²) in [4.78, 5) is 33.0. The molecule has 0 unspecified atom stereocenters. The van der Waals surface area contributed by atoms with Crippen LogP contribution < -0.4 is 5.32 Å². The van der Waals surface area contributed by atoms with Crippen molar-refractivity contribution in [2.45, 2.75) is 6.54 Å². The van der Waals surface area contributed by atoms with E-state index in [-0.39, 0.29) is 29.4 Å². The van der Waals surface area contributed by atoms with E-state index in [1.807, 2.05) is 24.3 Å². The van der Waals surface area contributed by atoms with E-state index >= 15 is 0 Å². The molecule has 0 aliphatic heterocycles. The maximum Gasteiger partial charge on any atom is 0.252 e. The van der Waals surface area contributed by atoms with Gasteiger partial charge in [0, 0.05) is 11.1 Å². The van der Waals surface area contributed by atoms with Crippen LogP contribution >= 0.6 is 0 Å². The summed E-state index contributed by atoms with van der Waals surface area (Å²) in [6, 6.07) is 19.4. The van der Waals surface area contributed by atoms with Crippen LogP contribution in [0.4, 0.5) is 4.39 Å². The van der Waals surface area contributed by atoms with Gasteiger partial charge in [-0.05, 0) is 42.5 Å². The van der Waals surface area contributed by atoms with Gasteiger partial charge in [-0.2, -0.15) is 0 Å². The van der Waals surface area contributed by atoms with Gasteiger partial charge >= 0.3 is 0 Å². The van der Waals surface area contributed by atoms with Crippen molar-refractivity contribution in [1.29, 1.82) is 0 Å². The number of rotatable bonds is 5. The second-order valence-electron chi connectivity index (χ2n) is 6.26. The number of carbonyl (C=O) groups is 2. The fraction of sp³-hybridized carbons (Fsp3) is 0.0455. The maximum atomic E-state index is 13.1. The van der Waals surface area contributed by atoms with Crippen molar-refractivity contribution in [1.82, 2.24) is 15.3 Å². The average Bonchev–Trinajstić information content (AvgIpc) is 3.15. The topological polar surface area (TPSA) is 74.8 Å². The number of nitrogens with one attached hydrogen (secondary N) is 2. The number of halogens is 1. The number of carbonyl (C=O) groups excluding carboxylic acids is 2. The summed E-state index contributed by atoms with van der Waals surface area (Å²) in [6.07, 6.45) is 0. The quantitative estimate of drug-likeness (QED) is 0.522. The van der Waals surface area contributed by atoms with Crippen molar-refractivity contribution in [2.24, 2.45) is 0 Å². The maximum absolute atomic E-state index is 13.1. The van der Waals surface area contributed by atoms with E-state index in [1.165, 1.54) is 24.3 Å². The molecule has 1 amide bonds. The second-order valence-corrected chi connectivity index (χ2v) is 6.26. The molecule has 0 fully saturated rings. The third kappa shape index (κ3) is 3.53. The van der Waals surface area contributed by atoms with Gasteiger partial charge in [-0.3, -0.25) is 9.59 Å². The van der Waals surface area contributed by atoms with E-state index in [4.69, 9.17) is 0 Å². The van der Waals surface area contributed by atoms with Crippen molar-refractivity contribution >= 4 is 22.7 Å². The molecule has 4 aromatic rings. The molecule has 0 atom stereocenters. The molecule has 0 saturated carbocycles. The molecule has 0 aliphatic carbocycles. The molecule has 28 heavy (non-hydrogen) atoms. The van der Waals surface area contributed by atoms with Crippen molar-refractivity contribution < 1.29 is 14.0 Å². The predicted molar refractivity (Wildman–Crippen MR) is 104 cm³/mol. The summed E-state index contributed by atoms with van der Waals surface area (Å²) < 4.78 is 13.1. The van der Waals surface area contributed by atoms with Crippen LogP contribution in [0.5, 0.6) is 0 Å². The highest BCUT2D eigenvalue weighted by molar-refractivity contribution is 6.15. The Labute approximate surface area is 160 Å². The first-order valence-electron chi connectivity index (χ1n) is 8.73. The first kappa shape index (κ1) is 17.6. The first-order valence-corrected chi connectivity index (χ1v) is 8.73. The zero-order valence-corrected chi connectivity index (χ0v) is 14.8. The van der Waals surface area contributed by atoms with Gasteiger partial charge in [0.2, 0.25) is 0 Å². The van der Waals surface area contributed by atoms with Crippen LogP contribution in [-0.2, 0) is 6.54 Å². The third-order valence-electron chi connectivity index (χ3n) is 4.38. The fourth-order valence-corrected chi connectivity index (χ4v) is 2.98. The fourth-order valence-electron chi connectivity index (χ4n) is 2.98. The molecule has 3 aromatic carbocycles. The SMILES string of the molecule is O=C(NCc1nc2ccccc2[nH]1)c1ccccc1C(=O)c1ccc(F)cc1. The number of imidazole rings is 1. The molecule has 5 nitrogen and oxygen atoms in total. The molecule has 6 heteroatoms. The molecule has 0 aliphatic rings. The number of hydrogen-bond donors (Lipinski definition) is 2. The summed E-state index contributed by atoms with van der Waals surface area (Å²) in [5.41, 5.74) is 2.54. The molecule has 1 heterocycles. The summed E-state index contributed by atoms with van der Waals surface area (Å²) in [7, 11) is 0. The van der Waals surface area contributed by atoms with Gasteiger partial charge in [0.25, 0.3) is 5.91 Å². The van der Waals surface area contributed by atoms with Crippen molar-refractivity contribution in [2.75, 3.05) is 0 Å². The molecular formula is C22H16FN3O2. The zero-order chi connectivity index (χ0) is 19.5. The van der Waals surface area contributed by atoms with E-state index in [1.54, 1.807) is 24.3 Å². The molecule has 0 saturated heterocycles. The van der Waals surface area contributed by atoms with Crippen LogP contribution in [0, 0.1) is 5.82 Å². The molecule has 1 aromatic heterocycles. The number of H-pyrrole nitrogens is 1. The summed E-state index contributed by atoms with van der Waals surface area (Å²) in [6.45, 7) is 0.201. The van der Waals surface area contributed by atoms with Crippen LogP contribution in [0.3, 0.4) is 0 Å². The largest absolute Gasteiger partial charge is 0.345 e. The summed E-state index contributed by atoms with van der Waals surface area (Å²) >= 11 is 0. The zero-order valence-electron chi connectivity index (χ0n) is 14.8. The molecule has 4 rings (SSSR count). The van der Waals surface area contributed by atoms with Crippen LogP contribution in [-0.4, -0.2) is 21.7 Å². The number of aromatic nitrogens is 2. The molecule has 2 N–H and O–H groups in total. The lowest BCUT2D eigenvalue weighted by Gasteiger charge is -2.09. The van der Waals surface area contributed by atoms with Gasteiger partial charge in [0.05, 0.1) is 23.1 Å². The van der Waals surface area contributed by atoms with E-state index in [2.05, 4.69) is 15.3 Å². The monoisotopic (exact) mass is 373 g/mol. The van der Waals surface area contributed by atoms with Crippen molar-refractivity contribution in [3.05, 3.63) is 101 Å². The van der Waals surface area contributed by atoms with Crippen LogP contribution in [0.2, 0.25) is 0 Å². The van der Waals surface area contributed by atoms with E-state index in [0.717, 1.165) is 11.0 Å². The van der Waals surface area contributed by atoms with Crippen molar-refractivity contribution in [3.63, 3.8) is 0 Å². The van der Waals surface area contributed by atoms with Crippen molar-refractivity contribution in [3.8, 4) is 0 Å². The second kappa shape index (κ2) is 7.44. The summed E-state index contributed by atoms with van der Waals surface area (Å²) in [5.74, 6) is -0.522. The first-order chi connectivity index (χ1) is 13.6. The number of aromatic amines is 1. The lowest BCUT2D eigenvalue weighted by atomic mass is 9.98. The highest BCUT2D eigenvalue weighted by atomic mass is 19.1. The van der Waals surface area contributed by atoms with Gasteiger partial charge in [-0.25, -0.2) is 9.37 Å². The summed E-state index contributed by atoms with van der Waals surface area (Å²) in [5, 5.41) is 2.79. The van der Waals surface area contributed by atoms with Crippen LogP contribution in [0.15, 0.2) is 72.8 Å². The Morgan fingerprint density at radius 2 is 1.57 bits per heavy atom. The van der Waals surface area contributed by atoms with Gasteiger partial charge in [0.15, 0.2) is 5.78 Å². The Kier molecular flexibility index (Phi) is 4.68. The normalized spacial score (nSPS) is 10.8. The Balaban J connectivity index is 1.54. The number of fused-ring (bicyclic) bond motifs is 1.